The van der Waals surface area contributed by atoms with Crippen LogP contribution >= 0.6 is 0 Å². The summed E-state index contributed by atoms with van der Waals surface area (Å²) in [5, 5.41) is 6.16. The van der Waals surface area contributed by atoms with Crippen molar-refractivity contribution in [2.24, 2.45) is 5.92 Å². The first-order chi connectivity index (χ1) is 9.63. The normalized spacial score (nSPS) is 21.1. The van der Waals surface area contributed by atoms with E-state index in [1.54, 1.807) is 6.26 Å². The van der Waals surface area contributed by atoms with Crippen LogP contribution in [0.3, 0.4) is 0 Å². The summed E-state index contributed by atoms with van der Waals surface area (Å²) in [6, 6.07) is 6.63. The zero-order chi connectivity index (χ0) is 14.1. The first-order valence-electron chi connectivity index (χ1n) is 6.42. The topological polar surface area (TPSA) is 54.3 Å². The van der Waals surface area contributed by atoms with Crippen LogP contribution in [0.4, 0.5) is 13.6 Å². The molecule has 1 aliphatic carbocycles. The van der Waals surface area contributed by atoms with Crippen LogP contribution in [-0.4, -0.2) is 18.5 Å². The Morgan fingerprint density at radius 3 is 3.00 bits per heavy atom. The lowest BCUT2D eigenvalue weighted by Gasteiger charge is -2.07. The number of halogens is 2. The van der Waals surface area contributed by atoms with Gasteiger partial charge in [0.2, 0.25) is 6.43 Å². The minimum atomic E-state index is -2.36. The molecule has 1 aromatic heterocycles. The average molecular weight is 280 g/mol. The molecule has 106 valence electrons. The van der Waals surface area contributed by atoms with Crippen LogP contribution in [0.25, 0.3) is 11.0 Å². The van der Waals surface area contributed by atoms with Crippen LogP contribution in [0.15, 0.2) is 34.9 Å². The van der Waals surface area contributed by atoms with Crippen LogP contribution in [0.2, 0.25) is 0 Å². The summed E-state index contributed by atoms with van der Waals surface area (Å²) in [6.45, 7) is 0.346. The van der Waals surface area contributed by atoms with Gasteiger partial charge in [-0.3, -0.25) is 0 Å². The quantitative estimate of drug-likeness (QED) is 0.904. The van der Waals surface area contributed by atoms with Gasteiger partial charge in [-0.1, -0.05) is 6.07 Å². The maximum atomic E-state index is 12.3. The molecule has 3 rings (SSSR count). The molecule has 1 fully saturated rings. The molecule has 0 radical (unpaired) electrons. The zero-order valence-electron chi connectivity index (χ0n) is 10.6. The predicted molar refractivity (Wildman–Crippen MR) is 69.5 cm³/mol. The highest BCUT2D eigenvalue weighted by atomic mass is 19.3. The number of carbonyl (C=O) groups excluding carboxylic acids is 1. The molecule has 2 amide bonds. The lowest BCUT2D eigenvalue weighted by atomic mass is 10.1. The van der Waals surface area contributed by atoms with Crippen LogP contribution in [0, 0.1) is 5.92 Å². The molecule has 1 heterocycles. The molecule has 1 aliphatic rings. The molecule has 20 heavy (non-hydrogen) atoms. The fourth-order valence-corrected chi connectivity index (χ4v) is 2.19. The maximum absolute atomic E-state index is 12.3. The summed E-state index contributed by atoms with van der Waals surface area (Å²) in [6.07, 6.45) is -0.401. The fraction of sp³-hybridized carbons (Fsp3) is 0.357. The monoisotopic (exact) mass is 280 g/mol. The van der Waals surface area contributed by atoms with Gasteiger partial charge < -0.3 is 15.1 Å². The van der Waals surface area contributed by atoms with Gasteiger partial charge in [0.05, 0.1) is 6.26 Å². The number of alkyl halides is 2. The van der Waals surface area contributed by atoms with Crippen molar-refractivity contribution in [2.75, 3.05) is 0 Å². The molecule has 0 saturated heterocycles. The van der Waals surface area contributed by atoms with Crippen molar-refractivity contribution in [1.29, 1.82) is 0 Å². The van der Waals surface area contributed by atoms with E-state index in [9.17, 15) is 13.6 Å². The number of urea groups is 1. The molecule has 4 nitrogen and oxygen atoms in total. The number of furan rings is 1. The summed E-state index contributed by atoms with van der Waals surface area (Å²) in [4.78, 5) is 11.6. The largest absolute Gasteiger partial charge is 0.464 e. The number of nitrogens with one attached hydrogen (secondary N) is 2. The number of carbonyl (C=O) groups is 1. The van der Waals surface area contributed by atoms with Gasteiger partial charge in [-0.2, -0.15) is 0 Å². The second-order valence-electron chi connectivity index (χ2n) is 4.96. The lowest BCUT2D eigenvalue weighted by molar-refractivity contribution is 0.119. The van der Waals surface area contributed by atoms with Gasteiger partial charge >= 0.3 is 6.03 Å². The van der Waals surface area contributed by atoms with Gasteiger partial charge in [-0.25, -0.2) is 13.6 Å². The summed E-state index contributed by atoms with van der Waals surface area (Å²) in [7, 11) is 0. The van der Waals surface area contributed by atoms with E-state index in [-0.39, 0.29) is 0 Å². The highest BCUT2D eigenvalue weighted by molar-refractivity contribution is 5.78. The van der Waals surface area contributed by atoms with Crippen molar-refractivity contribution in [3.05, 3.63) is 36.1 Å². The smallest absolute Gasteiger partial charge is 0.315 e. The van der Waals surface area contributed by atoms with Crippen molar-refractivity contribution >= 4 is 17.0 Å². The first kappa shape index (κ1) is 12.9. The minimum absolute atomic E-state index is 0.346. The Labute approximate surface area is 114 Å². The van der Waals surface area contributed by atoms with E-state index in [1.165, 1.54) is 0 Å². The van der Waals surface area contributed by atoms with E-state index in [1.807, 2.05) is 24.3 Å². The van der Waals surface area contributed by atoms with Gasteiger partial charge in [-0.05, 0) is 30.2 Å². The molecule has 2 atom stereocenters. The number of rotatable bonds is 4. The highest BCUT2D eigenvalue weighted by Gasteiger charge is 2.45. The molecule has 1 saturated carbocycles. The predicted octanol–water partition coefficient (Wildman–Crippen LogP) is 2.89. The standard InChI is InChI=1S/C14H14F2N2O2/c15-13(16)10-6-11(10)18-14(19)17-7-8-1-2-12-9(5-8)3-4-20-12/h1-5,10-11,13H,6-7H2,(H2,17,18,19)/t10-,11+/m1/s1. The van der Waals surface area contributed by atoms with Crippen LogP contribution in [-0.2, 0) is 6.54 Å². The molecular formula is C14H14F2N2O2. The van der Waals surface area contributed by atoms with Crippen molar-refractivity contribution in [2.45, 2.75) is 25.4 Å². The summed E-state index contributed by atoms with van der Waals surface area (Å²) in [5.41, 5.74) is 1.71. The molecule has 0 spiro atoms. The lowest BCUT2D eigenvalue weighted by Crippen LogP contribution is -2.37. The molecule has 0 bridgehead atoms. The third-order valence-corrected chi connectivity index (χ3v) is 3.45. The second-order valence-corrected chi connectivity index (χ2v) is 4.96. The Morgan fingerprint density at radius 2 is 2.25 bits per heavy atom. The average Bonchev–Trinajstić information content (AvgIpc) is 3.03. The van der Waals surface area contributed by atoms with Gasteiger partial charge in [0.25, 0.3) is 0 Å². The Balaban J connectivity index is 1.50. The number of fused-ring (bicyclic) bond motifs is 1. The molecule has 1 aromatic carbocycles. The van der Waals surface area contributed by atoms with Crippen molar-refractivity contribution in [1.82, 2.24) is 10.6 Å². The van der Waals surface area contributed by atoms with Crippen LogP contribution in [0.1, 0.15) is 12.0 Å². The molecule has 6 heteroatoms. The van der Waals surface area contributed by atoms with Crippen molar-refractivity contribution < 1.29 is 18.0 Å². The van der Waals surface area contributed by atoms with Crippen molar-refractivity contribution in [3.63, 3.8) is 0 Å². The molecule has 2 aromatic rings. The summed E-state index contributed by atoms with van der Waals surface area (Å²) in [5.74, 6) is -0.692. The van der Waals surface area contributed by atoms with E-state index >= 15 is 0 Å². The zero-order valence-corrected chi connectivity index (χ0v) is 10.6. The number of hydrogen-bond acceptors (Lipinski definition) is 2. The van der Waals surface area contributed by atoms with Crippen LogP contribution in [0.5, 0.6) is 0 Å². The molecule has 2 N–H and O–H groups in total. The second kappa shape index (κ2) is 5.11. The summed E-state index contributed by atoms with van der Waals surface area (Å²) < 4.78 is 29.8. The van der Waals surface area contributed by atoms with Gasteiger partial charge in [0.1, 0.15) is 5.58 Å². The van der Waals surface area contributed by atoms with E-state index in [4.69, 9.17) is 4.42 Å². The van der Waals surface area contributed by atoms with Gasteiger partial charge in [0.15, 0.2) is 0 Å². The number of amides is 2. The van der Waals surface area contributed by atoms with E-state index < -0.39 is 24.4 Å². The minimum Gasteiger partial charge on any atom is -0.464 e. The third-order valence-electron chi connectivity index (χ3n) is 3.45. The van der Waals surface area contributed by atoms with E-state index in [0.717, 1.165) is 16.5 Å². The third kappa shape index (κ3) is 2.74. The maximum Gasteiger partial charge on any atom is 0.315 e. The van der Waals surface area contributed by atoms with Crippen molar-refractivity contribution in [3.8, 4) is 0 Å². The van der Waals surface area contributed by atoms with E-state index in [0.29, 0.717) is 13.0 Å². The Hall–Kier alpha value is -2.11. The number of hydrogen-bond donors (Lipinski definition) is 2. The Kier molecular flexibility index (Phi) is 3.30. The van der Waals surface area contributed by atoms with E-state index in [2.05, 4.69) is 10.6 Å². The Bertz CT molecular complexity index is 626. The Morgan fingerprint density at radius 1 is 1.40 bits per heavy atom. The molecule has 0 aliphatic heterocycles. The number of benzene rings is 1. The van der Waals surface area contributed by atoms with Crippen LogP contribution < -0.4 is 10.6 Å². The molecule has 0 unspecified atom stereocenters. The van der Waals surface area contributed by atoms with Gasteiger partial charge in [0, 0.05) is 23.9 Å². The highest BCUT2D eigenvalue weighted by Crippen LogP contribution is 2.35. The van der Waals surface area contributed by atoms with Gasteiger partial charge in [-0.15, -0.1) is 0 Å². The SMILES string of the molecule is O=C(NCc1ccc2occc2c1)N[C@H]1C[C@H]1C(F)F. The first-order valence-corrected chi connectivity index (χ1v) is 6.42. The summed E-state index contributed by atoms with van der Waals surface area (Å²) >= 11 is 0. The fourth-order valence-electron chi connectivity index (χ4n) is 2.19. The molecular weight excluding hydrogens is 266 g/mol.